The van der Waals surface area contributed by atoms with Gasteiger partial charge in [-0.1, -0.05) is 6.07 Å². The normalized spacial score (nSPS) is 17.1. The molecule has 0 aliphatic heterocycles. The Morgan fingerprint density at radius 2 is 2.18 bits per heavy atom. The number of nitrogens with two attached hydrogens (primary N) is 1. The van der Waals surface area contributed by atoms with Gasteiger partial charge in [-0.2, -0.15) is 0 Å². The van der Waals surface area contributed by atoms with Gasteiger partial charge in [0.25, 0.3) is 5.91 Å². The molecule has 1 fully saturated rings. The number of hydrogen-bond donors (Lipinski definition) is 2. The lowest BCUT2D eigenvalue weighted by Crippen LogP contribution is -2.51. The van der Waals surface area contributed by atoms with E-state index in [1.807, 2.05) is 0 Å². The van der Waals surface area contributed by atoms with Crippen LogP contribution in [0, 0.1) is 0 Å². The summed E-state index contributed by atoms with van der Waals surface area (Å²) in [7, 11) is 1.52. The van der Waals surface area contributed by atoms with E-state index in [4.69, 9.17) is 10.5 Å². The number of para-hydroxylation sites is 1. The Morgan fingerprint density at radius 3 is 2.71 bits per heavy atom. The number of anilines is 1. The molecule has 0 atom stereocenters. The van der Waals surface area contributed by atoms with Crippen molar-refractivity contribution in [3.05, 3.63) is 23.8 Å². The van der Waals surface area contributed by atoms with Crippen LogP contribution in [0.5, 0.6) is 5.75 Å². The van der Waals surface area contributed by atoms with Gasteiger partial charge in [0.2, 0.25) is 0 Å². The number of amides is 1. The molecule has 0 saturated heterocycles. The Bertz CT molecular complexity index is 439. The largest absolute Gasteiger partial charge is 0.494 e. The molecule has 0 radical (unpaired) electrons. The molecule has 2 rings (SSSR count). The first-order valence-corrected chi connectivity index (χ1v) is 5.81. The lowest BCUT2D eigenvalue weighted by Gasteiger charge is -2.39. The van der Waals surface area contributed by atoms with Crippen LogP contribution in [0.4, 0.5) is 5.69 Å². The molecule has 4 nitrogen and oxygen atoms in total. The SMILES string of the molecule is COc1c(N)cccc1C(=O)NC1(C)CCC1. The van der Waals surface area contributed by atoms with Crippen LogP contribution in [0.25, 0.3) is 0 Å². The van der Waals surface area contributed by atoms with Crippen molar-refractivity contribution in [2.24, 2.45) is 0 Å². The lowest BCUT2D eigenvalue weighted by molar-refractivity contribution is 0.0847. The van der Waals surface area contributed by atoms with Crippen LogP contribution >= 0.6 is 0 Å². The molecule has 0 unspecified atom stereocenters. The van der Waals surface area contributed by atoms with Gasteiger partial charge in [-0.25, -0.2) is 0 Å². The second-order valence-electron chi connectivity index (χ2n) is 4.80. The van der Waals surface area contributed by atoms with E-state index < -0.39 is 0 Å². The molecule has 1 aliphatic carbocycles. The zero-order valence-corrected chi connectivity index (χ0v) is 10.2. The zero-order valence-electron chi connectivity index (χ0n) is 10.2. The van der Waals surface area contributed by atoms with Crippen LogP contribution in [0.2, 0.25) is 0 Å². The fourth-order valence-corrected chi connectivity index (χ4v) is 2.14. The summed E-state index contributed by atoms with van der Waals surface area (Å²) >= 11 is 0. The van der Waals surface area contributed by atoms with E-state index in [2.05, 4.69) is 12.2 Å². The molecule has 1 amide bonds. The minimum absolute atomic E-state index is 0.0628. The molecule has 0 heterocycles. The van der Waals surface area contributed by atoms with Gasteiger partial charge >= 0.3 is 0 Å². The fraction of sp³-hybridized carbons (Fsp3) is 0.462. The van der Waals surface area contributed by atoms with Gasteiger partial charge < -0.3 is 15.8 Å². The minimum atomic E-state index is -0.114. The van der Waals surface area contributed by atoms with Crippen molar-refractivity contribution >= 4 is 11.6 Å². The van der Waals surface area contributed by atoms with Crippen molar-refractivity contribution in [1.82, 2.24) is 5.32 Å². The number of nitrogens with one attached hydrogen (secondary N) is 1. The number of carbonyl (C=O) groups is 1. The third-order valence-corrected chi connectivity index (χ3v) is 3.37. The molecular formula is C13H18N2O2. The molecule has 1 aliphatic rings. The van der Waals surface area contributed by atoms with Gasteiger partial charge in [0.15, 0.2) is 5.75 Å². The molecule has 1 saturated carbocycles. The molecule has 3 N–H and O–H groups in total. The topological polar surface area (TPSA) is 64.3 Å². The lowest BCUT2D eigenvalue weighted by atomic mass is 9.78. The number of rotatable bonds is 3. The third kappa shape index (κ3) is 2.20. The van der Waals surface area contributed by atoms with Crippen molar-refractivity contribution in [3.63, 3.8) is 0 Å². The Kier molecular flexibility index (Phi) is 2.96. The summed E-state index contributed by atoms with van der Waals surface area (Å²) in [6, 6.07) is 5.21. The summed E-state index contributed by atoms with van der Waals surface area (Å²) in [5, 5.41) is 3.04. The highest BCUT2D eigenvalue weighted by Crippen LogP contribution is 2.32. The van der Waals surface area contributed by atoms with Crippen LogP contribution in [0.3, 0.4) is 0 Å². The summed E-state index contributed by atoms with van der Waals surface area (Å²) in [5.41, 5.74) is 6.70. The van der Waals surface area contributed by atoms with Crippen molar-refractivity contribution < 1.29 is 9.53 Å². The summed E-state index contributed by atoms with van der Waals surface area (Å²) < 4.78 is 5.18. The first-order valence-electron chi connectivity index (χ1n) is 5.81. The zero-order chi connectivity index (χ0) is 12.5. The quantitative estimate of drug-likeness (QED) is 0.786. The van der Waals surface area contributed by atoms with E-state index in [-0.39, 0.29) is 11.4 Å². The van der Waals surface area contributed by atoms with Crippen LogP contribution in [-0.2, 0) is 0 Å². The van der Waals surface area contributed by atoms with Crippen molar-refractivity contribution in [1.29, 1.82) is 0 Å². The fourth-order valence-electron chi connectivity index (χ4n) is 2.14. The molecular weight excluding hydrogens is 216 g/mol. The standard InChI is InChI=1S/C13H18N2O2/c1-13(7-4-8-13)15-12(16)9-5-3-6-10(14)11(9)17-2/h3,5-6H,4,7-8,14H2,1-2H3,(H,15,16). The molecule has 0 spiro atoms. The average Bonchev–Trinajstić information content (AvgIpc) is 2.26. The van der Waals surface area contributed by atoms with E-state index in [9.17, 15) is 4.79 Å². The van der Waals surface area contributed by atoms with Gasteiger partial charge in [0.05, 0.1) is 18.4 Å². The van der Waals surface area contributed by atoms with Crippen molar-refractivity contribution in [3.8, 4) is 5.75 Å². The Hall–Kier alpha value is -1.71. The van der Waals surface area contributed by atoms with E-state index in [1.165, 1.54) is 13.5 Å². The highest BCUT2D eigenvalue weighted by atomic mass is 16.5. The molecule has 0 aromatic heterocycles. The number of nitrogen functional groups attached to an aromatic ring is 1. The highest BCUT2D eigenvalue weighted by Gasteiger charge is 2.34. The van der Waals surface area contributed by atoms with Crippen molar-refractivity contribution in [2.75, 3.05) is 12.8 Å². The highest BCUT2D eigenvalue weighted by molar-refractivity contribution is 5.99. The predicted molar refractivity (Wildman–Crippen MR) is 67.1 cm³/mol. The first-order chi connectivity index (χ1) is 8.06. The molecule has 4 heteroatoms. The van der Waals surface area contributed by atoms with Crippen molar-refractivity contribution in [2.45, 2.75) is 31.7 Å². The number of methoxy groups -OCH3 is 1. The summed E-state index contributed by atoms with van der Waals surface area (Å²) in [5.74, 6) is 0.337. The van der Waals surface area contributed by atoms with Crippen LogP contribution in [0.15, 0.2) is 18.2 Å². The predicted octanol–water partition coefficient (Wildman–Crippen LogP) is 1.95. The molecule has 1 aromatic rings. The second kappa shape index (κ2) is 4.28. The third-order valence-electron chi connectivity index (χ3n) is 3.37. The van der Waals surface area contributed by atoms with E-state index >= 15 is 0 Å². The minimum Gasteiger partial charge on any atom is -0.494 e. The summed E-state index contributed by atoms with van der Waals surface area (Å²) in [6.07, 6.45) is 3.23. The monoisotopic (exact) mass is 234 g/mol. The van der Waals surface area contributed by atoms with Crippen LogP contribution in [0.1, 0.15) is 36.5 Å². The first kappa shape index (κ1) is 11.8. The summed E-state index contributed by atoms with van der Waals surface area (Å²) in [4.78, 5) is 12.1. The number of hydrogen-bond acceptors (Lipinski definition) is 3. The number of ether oxygens (including phenoxy) is 1. The Labute approximate surface area is 101 Å². The van der Waals surface area contributed by atoms with Crippen LogP contribution in [-0.4, -0.2) is 18.6 Å². The van der Waals surface area contributed by atoms with Crippen LogP contribution < -0.4 is 15.8 Å². The maximum absolute atomic E-state index is 12.1. The van der Waals surface area contributed by atoms with E-state index in [0.29, 0.717) is 17.0 Å². The van der Waals surface area contributed by atoms with E-state index in [0.717, 1.165) is 12.8 Å². The molecule has 92 valence electrons. The maximum atomic E-state index is 12.1. The van der Waals surface area contributed by atoms with Gasteiger partial charge in [-0.15, -0.1) is 0 Å². The molecule has 1 aromatic carbocycles. The Balaban J connectivity index is 2.21. The molecule has 17 heavy (non-hydrogen) atoms. The maximum Gasteiger partial charge on any atom is 0.255 e. The van der Waals surface area contributed by atoms with Gasteiger partial charge in [-0.05, 0) is 38.3 Å². The Morgan fingerprint density at radius 1 is 1.47 bits per heavy atom. The smallest absolute Gasteiger partial charge is 0.255 e. The van der Waals surface area contributed by atoms with Gasteiger partial charge in [0.1, 0.15) is 0 Å². The average molecular weight is 234 g/mol. The second-order valence-corrected chi connectivity index (χ2v) is 4.80. The number of carbonyl (C=O) groups excluding carboxylic acids is 1. The van der Waals surface area contributed by atoms with Gasteiger partial charge in [-0.3, -0.25) is 4.79 Å². The van der Waals surface area contributed by atoms with E-state index in [1.54, 1.807) is 18.2 Å². The number of benzene rings is 1. The molecule has 0 bridgehead atoms. The summed E-state index contributed by atoms with van der Waals surface area (Å²) in [6.45, 7) is 2.06. The van der Waals surface area contributed by atoms with Gasteiger partial charge in [0, 0.05) is 5.54 Å².